The van der Waals surface area contributed by atoms with E-state index in [1.807, 2.05) is 19.2 Å². The Bertz CT molecular complexity index is 452. The fourth-order valence-corrected chi connectivity index (χ4v) is 3.73. The molecule has 1 aliphatic rings. The van der Waals surface area contributed by atoms with E-state index >= 15 is 0 Å². The van der Waals surface area contributed by atoms with Crippen LogP contribution in [0.2, 0.25) is 0 Å². The van der Waals surface area contributed by atoms with Gasteiger partial charge < -0.3 is 10.0 Å². The van der Waals surface area contributed by atoms with Crippen LogP contribution in [0.15, 0.2) is 27.6 Å². The average molecular weight is 316 g/mol. The lowest BCUT2D eigenvalue weighted by molar-refractivity contribution is -0.137. The zero-order chi connectivity index (χ0) is 12.6. The van der Waals surface area contributed by atoms with Gasteiger partial charge in [0.25, 0.3) is 0 Å². The first kappa shape index (κ1) is 12.8. The molecule has 5 heteroatoms. The maximum absolute atomic E-state index is 10.8. The van der Waals surface area contributed by atoms with Crippen LogP contribution in [0.5, 0.6) is 0 Å². The van der Waals surface area contributed by atoms with Gasteiger partial charge in [0.05, 0.1) is 12.1 Å². The van der Waals surface area contributed by atoms with E-state index in [1.165, 1.54) is 5.69 Å². The molecule has 1 aromatic carbocycles. The van der Waals surface area contributed by atoms with Gasteiger partial charge in [-0.1, -0.05) is 15.9 Å². The lowest BCUT2D eigenvalue weighted by Crippen LogP contribution is -2.41. The number of fused-ring (bicyclic) bond motifs is 1. The van der Waals surface area contributed by atoms with Crippen molar-refractivity contribution in [1.82, 2.24) is 0 Å². The summed E-state index contributed by atoms with van der Waals surface area (Å²) < 4.78 is 1.05. The number of anilines is 1. The number of carboxylic acid groups (broad SMARTS) is 1. The summed E-state index contributed by atoms with van der Waals surface area (Å²) in [7, 11) is 2.02. The van der Waals surface area contributed by atoms with Crippen LogP contribution in [0, 0.1) is 0 Å². The fourth-order valence-electron chi connectivity index (χ4n) is 1.98. The summed E-state index contributed by atoms with van der Waals surface area (Å²) in [6.07, 6.45) is 0.200. The number of aliphatic carboxylic acids is 1. The monoisotopic (exact) mass is 315 g/mol. The van der Waals surface area contributed by atoms with Crippen molar-refractivity contribution in [1.29, 1.82) is 0 Å². The molecular weight excluding hydrogens is 302 g/mol. The van der Waals surface area contributed by atoms with Crippen LogP contribution in [0.25, 0.3) is 0 Å². The highest BCUT2D eigenvalue weighted by Crippen LogP contribution is 2.43. The Morgan fingerprint density at radius 2 is 2.29 bits per heavy atom. The Kier molecular flexibility index (Phi) is 3.68. The van der Waals surface area contributed by atoms with Gasteiger partial charge in [-0.15, -0.1) is 11.8 Å². The summed E-state index contributed by atoms with van der Waals surface area (Å²) in [6.45, 7) is 2.07. The largest absolute Gasteiger partial charge is 0.481 e. The lowest BCUT2D eigenvalue weighted by Gasteiger charge is -2.38. The Labute approximate surface area is 113 Å². The normalized spacial score (nSPS) is 23.4. The SMILES string of the molecule is CC1C(CC(=O)O)Sc2ccc(Br)cc2N1C. The van der Waals surface area contributed by atoms with Gasteiger partial charge in [-0.25, -0.2) is 0 Å². The van der Waals surface area contributed by atoms with Gasteiger partial charge in [0.1, 0.15) is 0 Å². The number of thioether (sulfide) groups is 1. The highest BCUT2D eigenvalue weighted by atomic mass is 79.9. The van der Waals surface area contributed by atoms with Crippen LogP contribution >= 0.6 is 27.7 Å². The van der Waals surface area contributed by atoms with Gasteiger partial charge >= 0.3 is 5.97 Å². The van der Waals surface area contributed by atoms with E-state index in [1.54, 1.807) is 11.8 Å². The number of carboxylic acids is 1. The van der Waals surface area contributed by atoms with Crippen molar-refractivity contribution in [2.24, 2.45) is 0 Å². The van der Waals surface area contributed by atoms with E-state index in [0.717, 1.165) is 9.37 Å². The lowest BCUT2D eigenvalue weighted by atomic mass is 10.1. The molecule has 0 radical (unpaired) electrons. The molecule has 3 nitrogen and oxygen atoms in total. The van der Waals surface area contributed by atoms with Crippen LogP contribution in [0.4, 0.5) is 5.69 Å². The molecule has 1 heterocycles. The number of benzene rings is 1. The van der Waals surface area contributed by atoms with E-state index in [0.29, 0.717) is 0 Å². The summed E-state index contributed by atoms with van der Waals surface area (Å²) >= 11 is 5.13. The summed E-state index contributed by atoms with van der Waals surface area (Å²) in [5, 5.41) is 9.03. The van der Waals surface area contributed by atoms with Crippen LogP contribution in [0.3, 0.4) is 0 Å². The predicted octanol–water partition coefficient (Wildman–Crippen LogP) is 3.22. The zero-order valence-corrected chi connectivity index (χ0v) is 12.1. The quantitative estimate of drug-likeness (QED) is 0.909. The molecule has 1 N–H and O–H groups in total. The second kappa shape index (κ2) is 4.90. The molecule has 0 fully saturated rings. The molecule has 92 valence electrons. The molecule has 1 aliphatic heterocycles. The number of halogens is 1. The second-order valence-electron chi connectivity index (χ2n) is 4.22. The standard InChI is InChI=1S/C12H14BrNO2S/c1-7-11(6-12(15)16)17-10-4-3-8(13)5-9(10)14(7)2/h3-5,7,11H,6H2,1-2H3,(H,15,16). The number of rotatable bonds is 2. The molecule has 2 rings (SSSR count). The van der Waals surface area contributed by atoms with E-state index in [4.69, 9.17) is 5.11 Å². The number of nitrogens with zero attached hydrogens (tertiary/aromatic N) is 1. The van der Waals surface area contributed by atoms with Crippen molar-refractivity contribution < 1.29 is 9.90 Å². The van der Waals surface area contributed by atoms with Crippen LogP contribution in [-0.2, 0) is 4.79 Å². The summed E-state index contributed by atoms with van der Waals surface area (Å²) in [4.78, 5) is 14.2. The third-order valence-corrected chi connectivity index (χ3v) is 5.06. The number of hydrogen-bond acceptors (Lipinski definition) is 3. The Balaban J connectivity index is 2.32. The smallest absolute Gasteiger partial charge is 0.304 e. The zero-order valence-electron chi connectivity index (χ0n) is 9.68. The minimum atomic E-state index is -0.733. The third kappa shape index (κ3) is 2.60. The second-order valence-corrected chi connectivity index (χ2v) is 6.41. The molecule has 0 saturated carbocycles. The van der Waals surface area contributed by atoms with Gasteiger partial charge in [-0.05, 0) is 25.1 Å². The maximum atomic E-state index is 10.8. The number of hydrogen-bond donors (Lipinski definition) is 1. The highest BCUT2D eigenvalue weighted by molar-refractivity contribution is 9.10. The van der Waals surface area contributed by atoms with Gasteiger partial charge in [-0.2, -0.15) is 0 Å². The predicted molar refractivity (Wildman–Crippen MR) is 73.9 cm³/mol. The molecule has 0 aromatic heterocycles. The van der Waals surface area contributed by atoms with Crippen molar-refractivity contribution in [3.05, 3.63) is 22.7 Å². The van der Waals surface area contributed by atoms with Crippen LogP contribution in [-0.4, -0.2) is 29.4 Å². The summed E-state index contributed by atoms with van der Waals surface area (Å²) in [6, 6.07) is 6.34. The van der Waals surface area contributed by atoms with Crippen LogP contribution in [0.1, 0.15) is 13.3 Å². The van der Waals surface area contributed by atoms with Gasteiger partial charge in [0.2, 0.25) is 0 Å². The van der Waals surface area contributed by atoms with E-state index in [2.05, 4.69) is 33.8 Å². The van der Waals surface area contributed by atoms with Crippen molar-refractivity contribution in [2.75, 3.05) is 11.9 Å². The average Bonchev–Trinajstić information content (AvgIpc) is 2.26. The van der Waals surface area contributed by atoms with Crippen molar-refractivity contribution in [3.63, 3.8) is 0 Å². The molecule has 0 bridgehead atoms. The third-order valence-electron chi connectivity index (χ3n) is 3.10. The molecule has 0 saturated heterocycles. The fraction of sp³-hybridized carbons (Fsp3) is 0.417. The molecule has 0 aliphatic carbocycles. The van der Waals surface area contributed by atoms with E-state index in [-0.39, 0.29) is 17.7 Å². The van der Waals surface area contributed by atoms with Gasteiger partial charge in [0, 0.05) is 27.7 Å². The molecular formula is C12H14BrNO2S. The Morgan fingerprint density at radius 3 is 2.94 bits per heavy atom. The first-order chi connectivity index (χ1) is 7.99. The minimum Gasteiger partial charge on any atom is -0.481 e. The Morgan fingerprint density at radius 1 is 1.59 bits per heavy atom. The molecule has 0 amide bonds. The summed E-state index contributed by atoms with van der Waals surface area (Å²) in [5.41, 5.74) is 1.17. The maximum Gasteiger partial charge on any atom is 0.304 e. The van der Waals surface area contributed by atoms with Gasteiger partial charge in [-0.3, -0.25) is 4.79 Å². The first-order valence-electron chi connectivity index (χ1n) is 5.40. The van der Waals surface area contributed by atoms with Crippen molar-refractivity contribution >= 4 is 39.3 Å². The summed E-state index contributed by atoms with van der Waals surface area (Å²) in [5.74, 6) is -0.733. The molecule has 17 heavy (non-hydrogen) atoms. The molecule has 2 unspecified atom stereocenters. The Hall–Kier alpha value is -0.680. The first-order valence-corrected chi connectivity index (χ1v) is 7.07. The van der Waals surface area contributed by atoms with Crippen molar-refractivity contribution in [2.45, 2.75) is 29.5 Å². The van der Waals surface area contributed by atoms with E-state index in [9.17, 15) is 4.79 Å². The molecule has 1 aromatic rings. The molecule has 0 spiro atoms. The van der Waals surface area contributed by atoms with Crippen molar-refractivity contribution in [3.8, 4) is 0 Å². The van der Waals surface area contributed by atoms with E-state index < -0.39 is 5.97 Å². The number of carbonyl (C=O) groups is 1. The van der Waals surface area contributed by atoms with Crippen LogP contribution < -0.4 is 4.90 Å². The minimum absolute atomic E-state index is 0.103. The highest BCUT2D eigenvalue weighted by Gasteiger charge is 2.31. The van der Waals surface area contributed by atoms with Gasteiger partial charge in [0.15, 0.2) is 0 Å². The molecule has 2 atom stereocenters. The topological polar surface area (TPSA) is 40.5 Å².